The maximum atomic E-state index is 10.5. The minimum Gasteiger partial charge on any atom is -0.547 e. The highest BCUT2D eigenvalue weighted by Gasteiger charge is 2.58. The summed E-state index contributed by atoms with van der Waals surface area (Å²) in [4.78, 5) is 10.5. The SMILES string of the molecule is O=C([O-])C12CCCCC1O2. The summed E-state index contributed by atoms with van der Waals surface area (Å²) in [6.45, 7) is 0. The lowest BCUT2D eigenvalue weighted by atomic mass is 9.89. The first-order valence-corrected chi connectivity index (χ1v) is 3.65. The van der Waals surface area contributed by atoms with Crippen LogP contribution in [-0.4, -0.2) is 17.7 Å². The maximum absolute atomic E-state index is 10.5. The van der Waals surface area contributed by atoms with E-state index in [1.54, 1.807) is 0 Å². The van der Waals surface area contributed by atoms with E-state index >= 15 is 0 Å². The average molecular weight is 141 g/mol. The minimum absolute atomic E-state index is 0.0220. The molecule has 0 aromatic heterocycles. The Labute approximate surface area is 59.0 Å². The van der Waals surface area contributed by atoms with Gasteiger partial charge in [-0.05, 0) is 19.3 Å². The Morgan fingerprint density at radius 2 is 2.40 bits per heavy atom. The molecule has 1 aliphatic heterocycles. The summed E-state index contributed by atoms with van der Waals surface area (Å²) in [5.74, 6) is -1.02. The zero-order valence-corrected chi connectivity index (χ0v) is 5.63. The highest BCUT2D eigenvalue weighted by atomic mass is 16.6. The zero-order valence-electron chi connectivity index (χ0n) is 5.63. The fourth-order valence-corrected chi connectivity index (χ4v) is 1.73. The lowest BCUT2D eigenvalue weighted by Gasteiger charge is -2.17. The van der Waals surface area contributed by atoms with Crippen LogP contribution in [0.25, 0.3) is 0 Å². The van der Waals surface area contributed by atoms with Crippen LogP contribution in [0.15, 0.2) is 0 Å². The highest BCUT2D eigenvalue weighted by molar-refractivity contribution is 5.79. The molecule has 0 N–H and O–H groups in total. The monoisotopic (exact) mass is 141 g/mol. The van der Waals surface area contributed by atoms with Crippen molar-refractivity contribution >= 4 is 5.97 Å². The first kappa shape index (κ1) is 6.16. The molecule has 1 heterocycles. The second-order valence-corrected chi connectivity index (χ2v) is 3.03. The number of ether oxygens (including phenoxy) is 1. The quantitative estimate of drug-likeness (QED) is 0.460. The van der Waals surface area contributed by atoms with Crippen LogP contribution in [0.3, 0.4) is 0 Å². The second-order valence-electron chi connectivity index (χ2n) is 3.03. The molecule has 10 heavy (non-hydrogen) atoms. The van der Waals surface area contributed by atoms with Crippen molar-refractivity contribution in [3.05, 3.63) is 0 Å². The number of hydrogen-bond donors (Lipinski definition) is 0. The molecule has 0 aromatic rings. The summed E-state index contributed by atoms with van der Waals surface area (Å²) in [5, 5.41) is 10.5. The van der Waals surface area contributed by atoms with Gasteiger partial charge in [-0.1, -0.05) is 6.42 Å². The molecule has 0 amide bonds. The third-order valence-corrected chi connectivity index (χ3v) is 2.43. The number of carboxylic acids is 1. The fraction of sp³-hybridized carbons (Fsp3) is 0.857. The molecule has 3 heteroatoms. The molecular weight excluding hydrogens is 132 g/mol. The van der Waals surface area contributed by atoms with Crippen LogP contribution in [0.4, 0.5) is 0 Å². The van der Waals surface area contributed by atoms with Crippen molar-refractivity contribution in [2.24, 2.45) is 0 Å². The Kier molecular flexibility index (Phi) is 1.06. The molecule has 1 saturated carbocycles. The van der Waals surface area contributed by atoms with Gasteiger partial charge < -0.3 is 14.6 Å². The third-order valence-electron chi connectivity index (χ3n) is 2.43. The van der Waals surface area contributed by atoms with Crippen LogP contribution < -0.4 is 5.11 Å². The van der Waals surface area contributed by atoms with Crippen LogP contribution in [0.1, 0.15) is 25.7 Å². The number of rotatable bonds is 1. The topological polar surface area (TPSA) is 52.7 Å². The molecule has 0 bridgehead atoms. The van der Waals surface area contributed by atoms with E-state index in [1.165, 1.54) is 0 Å². The van der Waals surface area contributed by atoms with Crippen LogP contribution in [0, 0.1) is 0 Å². The Bertz CT molecular complexity index is 178. The van der Waals surface area contributed by atoms with E-state index in [-0.39, 0.29) is 6.10 Å². The largest absolute Gasteiger partial charge is 0.547 e. The number of aliphatic carboxylic acids is 1. The van der Waals surface area contributed by atoms with Crippen molar-refractivity contribution in [1.82, 2.24) is 0 Å². The van der Waals surface area contributed by atoms with Crippen LogP contribution in [0.2, 0.25) is 0 Å². The molecule has 1 aliphatic carbocycles. The van der Waals surface area contributed by atoms with Gasteiger partial charge in [0.15, 0.2) is 0 Å². The molecule has 2 fully saturated rings. The zero-order chi connectivity index (χ0) is 7.19. The van der Waals surface area contributed by atoms with Crippen LogP contribution >= 0.6 is 0 Å². The lowest BCUT2D eigenvalue weighted by Crippen LogP contribution is -2.41. The molecule has 56 valence electrons. The molecule has 0 radical (unpaired) electrons. The Balaban J connectivity index is 2.12. The van der Waals surface area contributed by atoms with Crippen molar-refractivity contribution < 1.29 is 14.6 Å². The van der Waals surface area contributed by atoms with E-state index in [2.05, 4.69) is 0 Å². The fourth-order valence-electron chi connectivity index (χ4n) is 1.73. The standard InChI is InChI=1S/C7H10O3/c8-6(9)7-4-2-1-3-5(7)10-7/h5H,1-4H2,(H,8,9)/p-1. The Morgan fingerprint density at radius 3 is 2.90 bits per heavy atom. The maximum Gasteiger partial charge on any atom is 0.134 e. The van der Waals surface area contributed by atoms with E-state index in [1.807, 2.05) is 0 Å². The van der Waals surface area contributed by atoms with Gasteiger partial charge in [0.1, 0.15) is 5.60 Å². The predicted molar refractivity (Wildman–Crippen MR) is 31.1 cm³/mol. The molecule has 1 saturated heterocycles. The summed E-state index contributed by atoms with van der Waals surface area (Å²) >= 11 is 0. The average Bonchev–Trinajstić information content (AvgIpc) is 2.61. The van der Waals surface area contributed by atoms with Gasteiger partial charge in [-0.3, -0.25) is 0 Å². The van der Waals surface area contributed by atoms with E-state index in [4.69, 9.17) is 4.74 Å². The Morgan fingerprint density at radius 1 is 1.60 bits per heavy atom. The summed E-state index contributed by atoms with van der Waals surface area (Å²) < 4.78 is 5.06. The normalized spacial score (nSPS) is 44.2. The van der Waals surface area contributed by atoms with Gasteiger partial charge in [0.05, 0.1) is 12.1 Å². The molecule has 2 atom stereocenters. The first-order chi connectivity index (χ1) is 4.76. The van der Waals surface area contributed by atoms with Crippen LogP contribution in [0.5, 0.6) is 0 Å². The number of carbonyl (C=O) groups is 1. The number of epoxide rings is 1. The molecule has 0 aromatic carbocycles. The van der Waals surface area contributed by atoms with Gasteiger partial charge in [-0.2, -0.15) is 0 Å². The summed E-state index contributed by atoms with van der Waals surface area (Å²) in [6, 6.07) is 0. The lowest BCUT2D eigenvalue weighted by molar-refractivity contribution is -0.313. The number of carboxylic acid groups (broad SMARTS) is 1. The molecular formula is C7H9O3-. The first-order valence-electron chi connectivity index (χ1n) is 3.65. The van der Waals surface area contributed by atoms with E-state index < -0.39 is 11.6 Å². The molecule has 2 aliphatic rings. The van der Waals surface area contributed by atoms with Crippen molar-refractivity contribution in [2.75, 3.05) is 0 Å². The smallest absolute Gasteiger partial charge is 0.134 e. The van der Waals surface area contributed by atoms with Crippen molar-refractivity contribution in [2.45, 2.75) is 37.4 Å². The summed E-state index contributed by atoms with van der Waals surface area (Å²) in [7, 11) is 0. The predicted octanol–water partition coefficient (Wildman–Crippen LogP) is -0.552. The summed E-state index contributed by atoms with van der Waals surface area (Å²) in [6.07, 6.45) is 3.59. The third kappa shape index (κ3) is 0.611. The van der Waals surface area contributed by atoms with Gasteiger partial charge in [-0.25, -0.2) is 0 Å². The number of fused-ring (bicyclic) bond motifs is 1. The van der Waals surface area contributed by atoms with E-state index in [0.717, 1.165) is 19.3 Å². The van der Waals surface area contributed by atoms with E-state index in [9.17, 15) is 9.90 Å². The van der Waals surface area contributed by atoms with Gasteiger partial charge in [0, 0.05) is 0 Å². The number of carbonyl (C=O) groups excluding carboxylic acids is 1. The van der Waals surface area contributed by atoms with Crippen molar-refractivity contribution in [1.29, 1.82) is 0 Å². The highest BCUT2D eigenvalue weighted by Crippen LogP contribution is 2.47. The van der Waals surface area contributed by atoms with Crippen LogP contribution in [-0.2, 0) is 9.53 Å². The molecule has 2 unspecified atom stereocenters. The van der Waals surface area contributed by atoms with Gasteiger partial charge in [-0.15, -0.1) is 0 Å². The van der Waals surface area contributed by atoms with Gasteiger partial charge in [0.2, 0.25) is 0 Å². The Hall–Kier alpha value is -0.570. The molecule has 2 rings (SSSR count). The second kappa shape index (κ2) is 1.72. The van der Waals surface area contributed by atoms with Gasteiger partial charge >= 0.3 is 0 Å². The van der Waals surface area contributed by atoms with Crippen molar-refractivity contribution in [3.63, 3.8) is 0 Å². The van der Waals surface area contributed by atoms with Gasteiger partial charge in [0.25, 0.3) is 0 Å². The summed E-state index contributed by atoms with van der Waals surface area (Å²) in [5.41, 5.74) is -0.849. The molecule has 0 spiro atoms. The molecule has 3 nitrogen and oxygen atoms in total. The van der Waals surface area contributed by atoms with Crippen molar-refractivity contribution in [3.8, 4) is 0 Å². The van der Waals surface area contributed by atoms with E-state index in [0.29, 0.717) is 6.42 Å². The number of hydrogen-bond acceptors (Lipinski definition) is 3. The minimum atomic E-state index is -1.02.